The summed E-state index contributed by atoms with van der Waals surface area (Å²) in [5.74, 6) is 1.24. The number of nitrogens with zero attached hydrogens (tertiary/aromatic N) is 1. The van der Waals surface area contributed by atoms with Crippen molar-refractivity contribution >= 4 is 0 Å². The standard InChI is InChI=1S/C17H25NO3/c1-18-11-16(13-3-5-15(20-2)6-4-13)17(21-12-18)9-7-14(19)8-10-17/h3-6,14,16,19H,7-12H2,1-2H3. The maximum absolute atomic E-state index is 9.82. The first-order valence-corrected chi connectivity index (χ1v) is 7.77. The van der Waals surface area contributed by atoms with E-state index in [0.29, 0.717) is 12.6 Å². The van der Waals surface area contributed by atoms with E-state index in [-0.39, 0.29) is 11.7 Å². The van der Waals surface area contributed by atoms with Crippen LogP contribution in [0, 0.1) is 0 Å². The van der Waals surface area contributed by atoms with Crippen molar-refractivity contribution in [1.82, 2.24) is 4.90 Å². The molecule has 0 aromatic heterocycles. The second kappa shape index (κ2) is 5.95. The normalized spacial score (nSPS) is 34.0. The minimum absolute atomic E-state index is 0.111. The van der Waals surface area contributed by atoms with Crippen LogP contribution in [0.3, 0.4) is 0 Å². The molecule has 1 aliphatic heterocycles. The van der Waals surface area contributed by atoms with Crippen molar-refractivity contribution in [1.29, 1.82) is 0 Å². The first kappa shape index (κ1) is 14.8. The minimum atomic E-state index is -0.157. The predicted molar refractivity (Wildman–Crippen MR) is 81.5 cm³/mol. The molecular weight excluding hydrogens is 266 g/mol. The first-order chi connectivity index (χ1) is 10.1. The number of hydrogen-bond acceptors (Lipinski definition) is 4. The number of aliphatic hydroxyl groups is 1. The molecule has 4 nitrogen and oxygen atoms in total. The second-order valence-electron chi connectivity index (χ2n) is 6.43. The Bertz CT molecular complexity index is 457. The third-order valence-corrected chi connectivity index (χ3v) is 5.02. The van der Waals surface area contributed by atoms with Crippen LogP contribution in [0.15, 0.2) is 24.3 Å². The average Bonchev–Trinajstić information content (AvgIpc) is 2.53. The smallest absolute Gasteiger partial charge is 0.118 e. The molecule has 1 aromatic rings. The van der Waals surface area contributed by atoms with E-state index in [0.717, 1.165) is 38.0 Å². The van der Waals surface area contributed by atoms with Gasteiger partial charge in [0.05, 0.1) is 25.5 Å². The highest BCUT2D eigenvalue weighted by atomic mass is 16.5. The van der Waals surface area contributed by atoms with Crippen LogP contribution in [-0.4, -0.2) is 49.1 Å². The van der Waals surface area contributed by atoms with Crippen molar-refractivity contribution < 1.29 is 14.6 Å². The number of rotatable bonds is 2. The highest BCUT2D eigenvalue weighted by Gasteiger charge is 2.46. The van der Waals surface area contributed by atoms with Gasteiger partial charge in [0.25, 0.3) is 0 Å². The fourth-order valence-corrected chi connectivity index (χ4v) is 3.70. The fraction of sp³-hybridized carbons (Fsp3) is 0.647. The van der Waals surface area contributed by atoms with Gasteiger partial charge >= 0.3 is 0 Å². The summed E-state index contributed by atoms with van der Waals surface area (Å²) in [6.07, 6.45) is 3.42. The Hall–Kier alpha value is -1.10. The first-order valence-electron chi connectivity index (χ1n) is 7.77. The van der Waals surface area contributed by atoms with Gasteiger partial charge in [-0.25, -0.2) is 0 Å². The van der Waals surface area contributed by atoms with Crippen LogP contribution in [0.4, 0.5) is 0 Å². The summed E-state index contributed by atoms with van der Waals surface area (Å²) in [4.78, 5) is 2.23. The zero-order valence-electron chi connectivity index (χ0n) is 12.9. The molecule has 21 heavy (non-hydrogen) atoms. The third kappa shape index (κ3) is 2.93. The van der Waals surface area contributed by atoms with Crippen molar-refractivity contribution in [2.45, 2.75) is 43.3 Å². The van der Waals surface area contributed by atoms with Crippen LogP contribution in [0.1, 0.15) is 37.2 Å². The summed E-state index contributed by atoms with van der Waals surface area (Å²) in [6.45, 7) is 1.69. The van der Waals surface area contributed by atoms with Gasteiger partial charge in [-0.15, -0.1) is 0 Å². The highest BCUT2D eigenvalue weighted by molar-refractivity contribution is 5.32. The van der Waals surface area contributed by atoms with Crippen LogP contribution in [0.25, 0.3) is 0 Å². The number of ether oxygens (including phenoxy) is 2. The molecule has 0 amide bonds. The van der Waals surface area contributed by atoms with Gasteiger partial charge < -0.3 is 14.6 Å². The van der Waals surface area contributed by atoms with E-state index in [4.69, 9.17) is 9.47 Å². The molecule has 2 aliphatic rings. The molecule has 1 N–H and O–H groups in total. The van der Waals surface area contributed by atoms with E-state index in [1.165, 1.54) is 5.56 Å². The van der Waals surface area contributed by atoms with E-state index < -0.39 is 0 Å². The lowest BCUT2D eigenvalue weighted by molar-refractivity contribution is -0.170. The van der Waals surface area contributed by atoms with Gasteiger partial charge in [0.2, 0.25) is 0 Å². The molecule has 1 unspecified atom stereocenters. The fourth-order valence-electron chi connectivity index (χ4n) is 3.70. The van der Waals surface area contributed by atoms with E-state index >= 15 is 0 Å². The molecule has 0 bridgehead atoms. The van der Waals surface area contributed by atoms with Gasteiger partial charge in [0.1, 0.15) is 5.75 Å². The zero-order valence-corrected chi connectivity index (χ0v) is 12.9. The largest absolute Gasteiger partial charge is 0.497 e. The van der Waals surface area contributed by atoms with Crippen molar-refractivity contribution in [3.05, 3.63) is 29.8 Å². The molecule has 1 atom stereocenters. The van der Waals surface area contributed by atoms with Crippen molar-refractivity contribution in [2.24, 2.45) is 0 Å². The van der Waals surface area contributed by atoms with Gasteiger partial charge in [0.15, 0.2) is 0 Å². The number of hydrogen-bond donors (Lipinski definition) is 1. The summed E-state index contributed by atoms with van der Waals surface area (Å²) in [6, 6.07) is 8.35. The van der Waals surface area contributed by atoms with E-state index in [1.807, 2.05) is 12.1 Å². The lowest BCUT2D eigenvalue weighted by Gasteiger charge is -2.50. The topological polar surface area (TPSA) is 41.9 Å². The van der Waals surface area contributed by atoms with Crippen molar-refractivity contribution in [3.63, 3.8) is 0 Å². The molecule has 1 saturated carbocycles. The van der Waals surface area contributed by atoms with Gasteiger partial charge in [-0.2, -0.15) is 0 Å². The number of aliphatic hydroxyl groups excluding tert-OH is 1. The second-order valence-corrected chi connectivity index (χ2v) is 6.43. The van der Waals surface area contributed by atoms with Crippen molar-refractivity contribution in [2.75, 3.05) is 27.4 Å². The quantitative estimate of drug-likeness (QED) is 0.908. The van der Waals surface area contributed by atoms with Gasteiger partial charge in [-0.1, -0.05) is 12.1 Å². The molecule has 4 heteroatoms. The Balaban J connectivity index is 1.87. The van der Waals surface area contributed by atoms with Crippen LogP contribution in [0.5, 0.6) is 5.75 Å². The number of methoxy groups -OCH3 is 1. The molecule has 1 heterocycles. The summed E-state index contributed by atoms with van der Waals surface area (Å²) in [5.41, 5.74) is 1.19. The summed E-state index contributed by atoms with van der Waals surface area (Å²) in [5, 5.41) is 9.82. The molecule has 1 aromatic carbocycles. The molecular formula is C17H25NO3. The molecule has 1 saturated heterocycles. The van der Waals surface area contributed by atoms with E-state index in [1.54, 1.807) is 7.11 Å². The Kier molecular flexibility index (Phi) is 4.20. The highest BCUT2D eigenvalue weighted by Crippen LogP contribution is 2.45. The third-order valence-electron chi connectivity index (χ3n) is 5.02. The van der Waals surface area contributed by atoms with Crippen LogP contribution >= 0.6 is 0 Å². The van der Waals surface area contributed by atoms with Gasteiger partial charge in [0, 0.05) is 12.5 Å². The Morgan fingerprint density at radius 1 is 1.24 bits per heavy atom. The van der Waals surface area contributed by atoms with Crippen LogP contribution in [0.2, 0.25) is 0 Å². The van der Waals surface area contributed by atoms with E-state index in [9.17, 15) is 5.11 Å². The van der Waals surface area contributed by atoms with Crippen LogP contribution < -0.4 is 4.74 Å². The molecule has 1 aliphatic carbocycles. The van der Waals surface area contributed by atoms with Gasteiger partial charge in [-0.05, 0) is 50.4 Å². The maximum atomic E-state index is 9.82. The average molecular weight is 291 g/mol. The monoisotopic (exact) mass is 291 g/mol. The zero-order chi connectivity index (χ0) is 14.9. The Morgan fingerprint density at radius 3 is 2.52 bits per heavy atom. The lowest BCUT2D eigenvalue weighted by atomic mass is 9.71. The SMILES string of the molecule is COc1ccc(C2CN(C)COC23CCC(O)CC3)cc1. The molecule has 0 radical (unpaired) electrons. The summed E-state index contributed by atoms with van der Waals surface area (Å²) < 4.78 is 11.5. The molecule has 3 rings (SSSR count). The summed E-state index contributed by atoms with van der Waals surface area (Å²) >= 11 is 0. The lowest BCUT2D eigenvalue weighted by Crippen LogP contribution is -2.53. The van der Waals surface area contributed by atoms with Crippen LogP contribution in [-0.2, 0) is 4.74 Å². The number of benzene rings is 1. The molecule has 1 spiro atoms. The Morgan fingerprint density at radius 2 is 1.90 bits per heavy atom. The molecule has 2 fully saturated rings. The maximum Gasteiger partial charge on any atom is 0.118 e. The molecule has 116 valence electrons. The van der Waals surface area contributed by atoms with E-state index in [2.05, 4.69) is 24.1 Å². The van der Waals surface area contributed by atoms with Crippen molar-refractivity contribution in [3.8, 4) is 5.75 Å². The number of likely N-dealkylation sites (N-methyl/N-ethyl adjacent to an activating group) is 1. The Labute approximate surface area is 126 Å². The summed E-state index contributed by atoms with van der Waals surface area (Å²) in [7, 11) is 3.79. The predicted octanol–water partition coefficient (Wildman–Crippen LogP) is 2.37. The minimum Gasteiger partial charge on any atom is -0.497 e. The van der Waals surface area contributed by atoms with Gasteiger partial charge in [-0.3, -0.25) is 4.90 Å².